The van der Waals surface area contributed by atoms with Gasteiger partial charge in [-0.15, -0.1) is 0 Å². The quantitative estimate of drug-likeness (QED) is 0.218. The van der Waals surface area contributed by atoms with Crippen molar-refractivity contribution in [1.29, 1.82) is 0 Å². The molecule has 5 heteroatoms. The van der Waals surface area contributed by atoms with Crippen LogP contribution < -0.4 is 9.47 Å². The van der Waals surface area contributed by atoms with Crippen LogP contribution in [0.5, 0.6) is 11.5 Å². The standard InChI is InChI=1S/C31H34O5/c1-21-19-27(14-11-23(21)13-16-30(32)34-3)35-18-17-22(2)36-29-15-12-26(24-9-10-24)20-28(29)31(33)25-7-5-4-6-8-25/h4-8,11-12,14-15,19-20,22,24H,9-10,13,16-18H2,1-3H3. The molecule has 1 unspecified atom stereocenters. The van der Waals surface area contributed by atoms with Gasteiger partial charge >= 0.3 is 5.97 Å². The van der Waals surface area contributed by atoms with Crippen LogP contribution in [0.1, 0.15) is 71.1 Å². The Morgan fingerprint density at radius 2 is 1.78 bits per heavy atom. The van der Waals surface area contributed by atoms with Crippen molar-refractivity contribution >= 4 is 11.8 Å². The Morgan fingerprint density at radius 3 is 2.47 bits per heavy atom. The lowest BCUT2D eigenvalue weighted by Gasteiger charge is -2.18. The number of hydrogen-bond donors (Lipinski definition) is 0. The van der Waals surface area contributed by atoms with E-state index in [0.29, 0.717) is 48.7 Å². The number of ether oxygens (including phenoxy) is 3. The van der Waals surface area contributed by atoms with Crippen LogP contribution in [0.15, 0.2) is 66.7 Å². The second-order valence-corrected chi connectivity index (χ2v) is 9.46. The molecule has 5 nitrogen and oxygen atoms in total. The maximum Gasteiger partial charge on any atom is 0.305 e. The number of rotatable bonds is 12. The van der Waals surface area contributed by atoms with Gasteiger partial charge in [-0.1, -0.05) is 42.5 Å². The third-order valence-electron chi connectivity index (χ3n) is 6.59. The molecule has 1 aliphatic carbocycles. The maximum absolute atomic E-state index is 13.3. The smallest absolute Gasteiger partial charge is 0.305 e. The summed E-state index contributed by atoms with van der Waals surface area (Å²) in [5, 5.41) is 0. The minimum Gasteiger partial charge on any atom is -0.493 e. The zero-order valence-electron chi connectivity index (χ0n) is 21.3. The Kier molecular flexibility index (Phi) is 8.42. The molecule has 188 valence electrons. The molecule has 0 N–H and O–H groups in total. The zero-order chi connectivity index (χ0) is 25.5. The van der Waals surface area contributed by atoms with Gasteiger partial charge in [-0.25, -0.2) is 0 Å². The van der Waals surface area contributed by atoms with E-state index in [2.05, 4.69) is 6.07 Å². The number of carbonyl (C=O) groups excluding carboxylic acids is 2. The molecule has 1 saturated carbocycles. The molecule has 0 amide bonds. The molecule has 0 bridgehead atoms. The van der Waals surface area contributed by atoms with E-state index in [1.54, 1.807) is 0 Å². The van der Waals surface area contributed by atoms with Crippen molar-refractivity contribution in [3.63, 3.8) is 0 Å². The topological polar surface area (TPSA) is 61.8 Å². The molecule has 0 aromatic heterocycles. The highest BCUT2D eigenvalue weighted by Gasteiger charge is 2.26. The Hall–Kier alpha value is -3.60. The molecule has 1 atom stereocenters. The fourth-order valence-corrected chi connectivity index (χ4v) is 4.24. The number of methoxy groups -OCH3 is 1. The Balaban J connectivity index is 1.35. The second-order valence-electron chi connectivity index (χ2n) is 9.46. The minimum atomic E-state index is -0.209. The lowest BCUT2D eigenvalue weighted by molar-refractivity contribution is -0.140. The lowest BCUT2D eigenvalue weighted by atomic mass is 9.98. The first-order valence-corrected chi connectivity index (χ1v) is 12.6. The molecule has 0 aliphatic heterocycles. The van der Waals surface area contributed by atoms with E-state index in [4.69, 9.17) is 14.2 Å². The first kappa shape index (κ1) is 25.5. The van der Waals surface area contributed by atoms with Gasteiger partial charge in [0.25, 0.3) is 0 Å². The fourth-order valence-electron chi connectivity index (χ4n) is 4.24. The summed E-state index contributed by atoms with van der Waals surface area (Å²) >= 11 is 0. The number of esters is 1. The molecule has 0 radical (unpaired) electrons. The first-order chi connectivity index (χ1) is 17.4. The summed E-state index contributed by atoms with van der Waals surface area (Å²) in [6.45, 7) is 4.50. The third-order valence-corrected chi connectivity index (χ3v) is 6.59. The normalized spacial score (nSPS) is 13.6. The monoisotopic (exact) mass is 486 g/mol. The zero-order valence-corrected chi connectivity index (χ0v) is 21.3. The van der Waals surface area contributed by atoms with Crippen LogP contribution in [0, 0.1) is 6.92 Å². The molecular formula is C31H34O5. The number of benzene rings is 3. The Morgan fingerprint density at radius 1 is 1.00 bits per heavy atom. The maximum atomic E-state index is 13.3. The van der Waals surface area contributed by atoms with E-state index < -0.39 is 0 Å². The predicted molar refractivity (Wildman–Crippen MR) is 140 cm³/mol. The summed E-state index contributed by atoms with van der Waals surface area (Å²) < 4.78 is 16.9. The molecule has 0 spiro atoms. The molecule has 36 heavy (non-hydrogen) atoms. The van der Waals surface area contributed by atoms with Gasteiger partial charge in [0, 0.05) is 18.4 Å². The molecule has 4 rings (SSSR count). The van der Waals surface area contributed by atoms with Crippen LogP contribution in [0.3, 0.4) is 0 Å². The van der Waals surface area contributed by atoms with Crippen molar-refractivity contribution in [1.82, 2.24) is 0 Å². The highest BCUT2D eigenvalue weighted by atomic mass is 16.5. The number of hydrogen-bond acceptors (Lipinski definition) is 5. The minimum absolute atomic E-state index is 0.0145. The van der Waals surface area contributed by atoms with E-state index >= 15 is 0 Å². The van der Waals surface area contributed by atoms with Crippen molar-refractivity contribution in [3.8, 4) is 11.5 Å². The average molecular weight is 487 g/mol. The van der Waals surface area contributed by atoms with Gasteiger partial charge in [0.05, 0.1) is 25.4 Å². The third kappa shape index (κ3) is 6.75. The summed E-state index contributed by atoms with van der Waals surface area (Å²) in [5.41, 5.74) is 4.69. The van der Waals surface area contributed by atoms with Gasteiger partial charge < -0.3 is 14.2 Å². The van der Waals surface area contributed by atoms with Gasteiger partial charge in [0.1, 0.15) is 11.5 Å². The van der Waals surface area contributed by atoms with Crippen LogP contribution >= 0.6 is 0 Å². The van der Waals surface area contributed by atoms with Crippen molar-refractivity contribution in [2.24, 2.45) is 0 Å². The highest BCUT2D eigenvalue weighted by Crippen LogP contribution is 2.41. The van der Waals surface area contributed by atoms with Gasteiger partial charge in [-0.3, -0.25) is 9.59 Å². The van der Waals surface area contributed by atoms with Crippen molar-refractivity contribution in [2.45, 2.75) is 58.0 Å². The predicted octanol–water partition coefficient (Wildman–Crippen LogP) is 6.45. The molecule has 1 fully saturated rings. The van der Waals surface area contributed by atoms with Crippen molar-refractivity contribution in [2.75, 3.05) is 13.7 Å². The van der Waals surface area contributed by atoms with E-state index in [1.165, 1.54) is 25.5 Å². The summed E-state index contributed by atoms with van der Waals surface area (Å²) in [5.74, 6) is 1.74. The van der Waals surface area contributed by atoms with Crippen LogP contribution in [0.4, 0.5) is 0 Å². The van der Waals surface area contributed by atoms with Crippen LogP contribution in [0.25, 0.3) is 0 Å². The largest absolute Gasteiger partial charge is 0.493 e. The second kappa shape index (κ2) is 11.9. The Labute approximate surface area is 213 Å². The van der Waals surface area contributed by atoms with Crippen molar-refractivity contribution < 1.29 is 23.8 Å². The van der Waals surface area contributed by atoms with E-state index in [-0.39, 0.29) is 17.9 Å². The number of aryl methyl sites for hydroxylation is 2. The van der Waals surface area contributed by atoms with Gasteiger partial charge in [-0.05, 0) is 80.0 Å². The number of carbonyl (C=O) groups is 2. The van der Waals surface area contributed by atoms with E-state index in [9.17, 15) is 9.59 Å². The molecule has 1 aliphatic rings. The van der Waals surface area contributed by atoms with Crippen LogP contribution in [-0.2, 0) is 16.0 Å². The Bertz CT molecular complexity index is 1200. The summed E-state index contributed by atoms with van der Waals surface area (Å²) in [6, 6.07) is 21.3. The molecule has 0 heterocycles. The summed E-state index contributed by atoms with van der Waals surface area (Å²) in [4.78, 5) is 24.7. The molecule has 0 saturated heterocycles. The van der Waals surface area contributed by atoms with E-state index in [0.717, 1.165) is 16.9 Å². The van der Waals surface area contributed by atoms with Crippen LogP contribution in [0.2, 0.25) is 0 Å². The van der Waals surface area contributed by atoms with E-state index in [1.807, 2.05) is 74.5 Å². The van der Waals surface area contributed by atoms with Gasteiger partial charge in [0.15, 0.2) is 5.78 Å². The van der Waals surface area contributed by atoms with Gasteiger partial charge in [0.2, 0.25) is 0 Å². The highest BCUT2D eigenvalue weighted by molar-refractivity contribution is 6.10. The molecular weight excluding hydrogens is 452 g/mol. The number of ketones is 1. The fraction of sp³-hybridized carbons (Fsp3) is 0.355. The first-order valence-electron chi connectivity index (χ1n) is 12.6. The van der Waals surface area contributed by atoms with Gasteiger partial charge in [-0.2, -0.15) is 0 Å². The molecule has 3 aromatic rings. The lowest BCUT2D eigenvalue weighted by Crippen LogP contribution is -2.18. The SMILES string of the molecule is COC(=O)CCc1ccc(OCCC(C)Oc2ccc(C3CC3)cc2C(=O)c2ccccc2)cc1C. The molecule has 3 aromatic carbocycles. The van der Waals surface area contributed by atoms with Crippen LogP contribution in [-0.4, -0.2) is 31.6 Å². The summed E-state index contributed by atoms with van der Waals surface area (Å²) in [7, 11) is 1.40. The summed E-state index contributed by atoms with van der Waals surface area (Å²) in [6.07, 6.45) is 3.92. The van der Waals surface area contributed by atoms with Crippen molar-refractivity contribution in [3.05, 3.63) is 94.5 Å². The average Bonchev–Trinajstić information content (AvgIpc) is 3.74.